The highest BCUT2D eigenvalue weighted by Gasteiger charge is 2.38. The van der Waals surface area contributed by atoms with Crippen LogP contribution in [-0.2, 0) is 16.6 Å². The number of halogens is 1. The molecule has 4 N–H and O–H groups in total. The number of guanidine groups is 1. The molecule has 0 aliphatic heterocycles. The number of nitrogens with zero attached hydrogens (tertiary/aromatic N) is 1. The van der Waals surface area contributed by atoms with Gasteiger partial charge in [0.25, 0.3) is 0 Å². The fourth-order valence-electron chi connectivity index (χ4n) is 3.83. The molecule has 1 unspecified atom stereocenters. The van der Waals surface area contributed by atoms with Crippen molar-refractivity contribution in [1.82, 2.24) is 10.6 Å². The van der Waals surface area contributed by atoms with Crippen LogP contribution in [0.1, 0.15) is 30.4 Å². The number of carbonyl (C=O) groups is 1. The van der Waals surface area contributed by atoms with E-state index in [2.05, 4.69) is 39.9 Å². The van der Waals surface area contributed by atoms with Crippen LogP contribution in [0.4, 0.5) is 4.39 Å². The molecule has 1 aliphatic rings. The Morgan fingerprint density at radius 1 is 1.14 bits per heavy atom. The molecule has 154 valence electrons. The summed E-state index contributed by atoms with van der Waals surface area (Å²) in [5.41, 5.74) is 7.93. The summed E-state index contributed by atoms with van der Waals surface area (Å²) in [5.74, 6) is -0.448. The van der Waals surface area contributed by atoms with E-state index < -0.39 is 11.8 Å². The number of primary amides is 1. The van der Waals surface area contributed by atoms with Crippen molar-refractivity contribution in [3.63, 3.8) is 0 Å². The van der Waals surface area contributed by atoms with Gasteiger partial charge in [0.15, 0.2) is 5.96 Å². The topological polar surface area (TPSA) is 79.5 Å². The van der Waals surface area contributed by atoms with Gasteiger partial charge < -0.3 is 16.4 Å². The van der Waals surface area contributed by atoms with Crippen LogP contribution < -0.4 is 16.4 Å². The molecule has 6 heteroatoms. The van der Waals surface area contributed by atoms with Crippen molar-refractivity contribution in [2.75, 3.05) is 20.1 Å². The van der Waals surface area contributed by atoms with Crippen molar-refractivity contribution >= 4 is 11.9 Å². The number of nitrogens with two attached hydrogens (primary N) is 1. The summed E-state index contributed by atoms with van der Waals surface area (Å²) in [7, 11) is 1.71. The molecular formula is C23H29FN4O. The number of hydrogen-bond donors (Lipinski definition) is 3. The van der Waals surface area contributed by atoms with Crippen molar-refractivity contribution in [2.24, 2.45) is 16.6 Å². The lowest BCUT2D eigenvalue weighted by Gasteiger charge is -2.43. The van der Waals surface area contributed by atoms with Crippen LogP contribution in [0.2, 0.25) is 0 Å². The maximum atomic E-state index is 13.1. The second-order valence-corrected chi connectivity index (χ2v) is 7.74. The molecule has 1 atom stereocenters. The zero-order valence-corrected chi connectivity index (χ0v) is 16.8. The first-order valence-corrected chi connectivity index (χ1v) is 10.1. The third kappa shape index (κ3) is 5.34. The lowest BCUT2D eigenvalue weighted by Crippen LogP contribution is -2.50. The van der Waals surface area contributed by atoms with Crippen molar-refractivity contribution in [3.8, 4) is 0 Å². The molecule has 0 saturated heterocycles. The second kappa shape index (κ2) is 9.54. The predicted octanol–water partition coefficient (Wildman–Crippen LogP) is 2.76. The highest BCUT2D eigenvalue weighted by molar-refractivity contribution is 5.82. The average molecular weight is 397 g/mol. The van der Waals surface area contributed by atoms with Gasteiger partial charge in [0, 0.05) is 25.6 Å². The van der Waals surface area contributed by atoms with E-state index >= 15 is 0 Å². The summed E-state index contributed by atoms with van der Waals surface area (Å²) in [6, 6.07) is 16.7. The van der Waals surface area contributed by atoms with Crippen LogP contribution in [0.15, 0.2) is 59.6 Å². The minimum Gasteiger partial charge on any atom is -0.369 e. The molecule has 3 rings (SSSR count). The first kappa shape index (κ1) is 20.8. The number of rotatable bonds is 8. The molecule has 0 spiro atoms. The molecule has 1 fully saturated rings. The predicted molar refractivity (Wildman–Crippen MR) is 114 cm³/mol. The van der Waals surface area contributed by atoms with E-state index in [9.17, 15) is 9.18 Å². The summed E-state index contributed by atoms with van der Waals surface area (Å²) in [4.78, 5) is 16.2. The maximum absolute atomic E-state index is 13.1. The Labute approximate surface area is 171 Å². The van der Waals surface area contributed by atoms with E-state index in [-0.39, 0.29) is 11.2 Å². The number of carbonyl (C=O) groups excluding carboxylic acids is 1. The molecule has 0 radical (unpaired) electrons. The van der Waals surface area contributed by atoms with E-state index in [1.165, 1.54) is 24.1 Å². The Bertz CT molecular complexity index is 832. The van der Waals surface area contributed by atoms with Crippen molar-refractivity contribution in [2.45, 2.75) is 31.1 Å². The van der Waals surface area contributed by atoms with Crippen LogP contribution in [0, 0.1) is 11.7 Å². The van der Waals surface area contributed by atoms with Gasteiger partial charge in [-0.2, -0.15) is 0 Å². The average Bonchev–Trinajstić information content (AvgIpc) is 2.70. The van der Waals surface area contributed by atoms with Gasteiger partial charge in [-0.1, -0.05) is 48.9 Å². The van der Waals surface area contributed by atoms with E-state index in [0.29, 0.717) is 18.9 Å². The third-order valence-corrected chi connectivity index (χ3v) is 5.83. The first-order valence-electron chi connectivity index (χ1n) is 10.1. The number of benzene rings is 2. The van der Waals surface area contributed by atoms with Crippen LogP contribution in [0.5, 0.6) is 0 Å². The first-order chi connectivity index (χ1) is 14.0. The number of nitrogens with one attached hydrogen (secondary N) is 2. The van der Waals surface area contributed by atoms with E-state index in [1.54, 1.807) is 19.2 Å². The highest BCUT2D eigenvalue weighted by Crippen LogP contribution is 2.43. The van der Waals surface area contributed by atoms with E-state index in [1.807, 2.05) is 6.07 Å². The van der Waals surface area contributed by atoms with E-state index in [0.717, 1.165) is 24.9 Å². The molecule has 29 heavy (non-hydrogen) atoms. The zero-order valence-electron chi connectivity index (χ0n) is 16.8. The Balaban J connectivity index is 1.56. The molecule has 1 aliphatic carbocycles. The van der Waals surface area contributed by atoms with Gasteiger partial charge in [0.2, 0.25) is 5.91 Å². The van der Waals surface area contributed by atoms with Crippen LogP contribution in [0.3, 0.4) is 0 Å². The van der Waals surface area contributed by atoms with Gasteiger partial charge in [0.1, 0.15) is 5.82 Å². The molecule has 2 aromatic rings. The number of amides is 1. The summed E-state index contributed by atoms with van der Waals surface area (Å²) < 4.78 is 13.1. The molecule has 0 heterocycles. The van der Waals surface area contributed by atoms with Crippen molar-refractivity contribution in [3.05, 3.63) is 71.5 Å². The maximum Gasteiger partial charge on any atom is 0.222 e. The summed E-state index contributed by atoms with van der Waals surface area (Å²) in [5, 5.41) is 6.63. The number of aliphatic imine (C=N–C) groups is 1. The molecule has 1 amide bonds. The minimum atomic E-state index is -0.411. The smallest absolute Gasteiger partial charge is 0.222 e. The van der Waals surface area contributed by atoms with Gasteiger partial charge >= 0.3 is 0 Å². The summed E-state index contributed by atoms with van der Waals surface area (Å²) >= 11 is 0. The Morgan fingerprint density at radius 3 is 2.38 bits per heavy atom. The minimum absolute atomic E-state index is 0.135. The van der Waals surface area contributed by atoms with Crippen molar-refractivity contribution < 1.29 is 9.18 Å². The second-order valence-electron chi connectivity index (χ2n) is 7.74. The van der Waals surface area contributed by atoms with Gasteiger partial charge in [-0.25, -0.2) is 4.39 Å². The summed E-state index contributed by atoms with van der Waals surface area (Å²) in [6.07, 6.45) is 3.97. The number of hydrogen-bond acceptors (Lipinski definition) is 2. The summed E-state index contributed by atoms with van der Waals surface area (Å²) in [6.45, 7) is 1.15. The largest absolute Gasteiger partial charge is 0.369 e. The van der Waals surface area contributed by atoms with Gasteiger partial charge in [-0.3, -0.25) is 9.79 Å². The fourth-order valence-corrected chi connectivity index (χ4v) is 3.83. The van der Waals surface area contributed by atoms with E-state index in [4.69, 9.17) is 5.73 Å². The van der Waals surface area contributed by atoms with Gasteiger partial charge in [0.05, 0.1) is 5.92 Å². The molecule has 5 nitrogen and oxygen atoms in total. The highest BCUT2D eigenvalue weighted by atomic mass is 19.1. The lowest BCUT2D eigenvalue weighted by atomic mass is 9.64. The Kier molecular flexibility index (Phi) is 6.86. The van der Waals surface area contributed by atoms with Crippen LogP contribution in [0.25, 0.3) is 0 Å². The van der Waals surface area contributed by atoms with Gasteiger partial charge in [-0.05, 0) is 42.5 Å². The molecule has 0 bridgehead atoms. The normalized spacial score (nSPS) is 16.6. The van der Waals surface area contributed by atoms with Crippen molar-refractivity contribution in [1.29, 1.82) is 0 Å². The lowest BCUT2D eigenvalue weighted by molar-refractivity contribution is -0.121. The molecule has 0 aromatic heterocycles. The van der Waals surface area contributed by atoms with Crippen LogP contribution >= 0.6 is 0 Å². The zero-order chi connectivity index (χ0) is 20.7. The molecule has 2 aromatic carbocycles. The quantitative estimate of drug-likeness (QED) is 0.474. The molecule has 1 saturated carbocycles. The monoisotopic (exact) mass is 396 g/mol. The Morgan fingerprint density at radius 2 is 1.83 bits per heavy atom. The Hall–Kier alpha value is -2.89. The SMILES string of the molecule is CN=C(NCC(Cc1ccc(F)cc1)C(N)=O)NCC1(c2ccccc2)CCC1. The van der Waals surface area contributed by atoms with Crippen LogP contribution in [-0.4, -0.2) is 32.0 Å². The fraction of sp³-hybridized carbons (Fsp3) is 0.391. The standard InChI is InChI=1S/C23H29FN4O/c1-26-22(28-16-23(12-5-13-23)19-6-3-2-4-7-19)27-15-18(21(25)29)14-17-8-10-20(24)11-9-17/h2-4,6-11,18H,5,12-16H2,1H3,(H2,25,29)(H2,26,27,28). The van der Waals surface area contributed by atoms with Gasteiger partial charge in [-0.15, -0.1) is 0 Å². The third-order valence-electron chi connectivity index (χ3n) is 5.83. The molecular weight excluding hydrogens is 367 g/mol.